The monoisotopic (exact) mass is 372 g/mol. The molecule has 0 aromatic heterocycles. The van der Waals surface area contributed by atoms with Crippen LogP contribution in [0.25, 0.3) is 0 Å². The van der Waals surface area contributed by atoms with E-state index in [1.807, 2.05) is 0 Å². The summed E-state index contributed by atoms with van der Waals surface area (Å²) in [5.41, 5.74) is 0. The van der Waals surface area contributed by atoms with Crippen LogP contribution in [0.4, 0.5) is 0 Å². The molecule has 0 saturated heterocycles. The molecule has 0 aliphatic carbocycles. The van der Waals surface area contributed by atoms with Crippen LogP contribution < -0.4 is 0 Å². The molecule has 4 nitrogen and oxygen atoms in total. The van der Waals surface area contributed by atoms with Gasteiger partial charge in [0, 0.05) is 0 Å². The quantitative estimate of drug-likeness (QED) is 0.498. The Bertz CT molecular complexity index is 272. The van der Waals surface area contributed by atoms with Crippen LogP contribution >= 0.6 is 0 Å². The molecule has 0 rings (SSSR count). The van der Waals surface area contributed by atoms with Gasteiger partial charge in [0.1, 0.15) is 0 Å². The zero-order chi connectivity index (χ0) is 16.9. The van der Waals surface area contributed by atoms with Gasteiger partial charge >= 0.3 is 139 Å². The molecule has 0 aromatic carbocycles. The summed E-state index contributed by atoms with van der Waals surface area (Å²) < 4.78 is 25.5. The second kappa shape index (κ2) is 8.73. The standard InChI is InChI=1S/2C4H9O.2C3H9OSi.Ti/c2*1-3-4(2)5;2*1-5(2,3)4;/h2*4H,3H2,1-2H3;2*1-3H3;/q4*-1;+4. The minimum atomic E-state index is -3.72. The molecule has 7 heteroatoms. The van der Waals surface area contributed by atoms with Gasteiger partial charge in [0.15, 0.2) is 0 Å². The van der Waals surface area contributed by atoms with Crippen LogP contribution in [0.2, 0.25) is 39.3 Å². The molecule has 0 radical (unpaired) electrons. The molecule has 0 amide bonds. The Morgan fingerprint density at radius 1 is 0.714 bits per heavy atom. The molecule has 2 atom stereocenters. The number of hydrogen-bond donors (Lipinski definition) is 0. The molecule has 0 bridgehead atoms. The third kappa shape index (κ3) is 10.4. The van der Waals surface area contributed by atoms with Crippen LogP contribution in [-0.2, 0) is 30.8 Å². The Kier molecular flexibility index (Phi) is 9.14. The van der Waals surface area contributed by atoms with Crippen LogP contribution in [0.1, 0.15) is 40.5 Å². The Balaban J connectivity index is 5.46. The van der Waals surface area contributed by atoms with Gasteiger partial charge in [-0.3, -0.25) is 0 Å². The van der Waals surface area contributed by atoms with E-state index >= 15 is 0 Å². The van der Waals surface area contributed by atoms with Crippen molar-refractivity contribution in [2.75, 3.05) is 0 Å². The average Bonchev–Trinajstić information content (AvgIpc) is 2.23. The van der Waals surface area contributed by atoms with Crippen molar-refractivity contribution >= 4 is 16.6 Å². The van der Waals surface area contributed by atoms with Crippen molar-refractivity contribution < 1.29 is 30.8 Å². The summed E-state index contributed by atoms with van der Waals surface area (Å²) in [5.74, 6) is 0. The molecule has 0 heterocycles. The van der Waals surface area contributed by atoms with Crippen molar-refractivity contribution in [3.63, 3.8) is 0 Å². The SMILES string of the molecule is CCC(C)[O][Ti]([O]C(C)CC)([O][Si](C)(C)C)[O][Si](C)(C)C. The summed E-state index contributed by atoms with van der Waals surface area (Å²) >= 11 is -3.72. The minimum absolute atomic E-state index is 0.0988. The van der Waals surface area contributed by atoms with E-state index in [-0.39, 0.29) is 12.2 Å². The van der Waals surface area contributed by atoms with Gasteiger partial charge < -0.3 is 0 Å². The first-order chi connectivity index (χ1) is 9.32. The topological polar surface area (TPSA) is 36.9 Å². The van der Waals surface area contributed by atoms with Crippen molar-refractivity contribution in [2.45, 2.75) is 92.0 Å². The second-order valence-electron chi connectivity index (χ2n) is 7.60. The van der Waals surface area contributed by atoms with E-state index < -0.39 is 34.8 Å². The molecule has 0 aliphatic heterocycles. The zero-order valence-corrected chi connectivity index (χ0v) is 19.3. The predicted molar refractivity (Wildman–Crippen MR) is 90.5 cm³/mol. The summed E-state index contributed by atoms with van der Waals surface area (Å²) in [5, 5.41) is 0. The first-order valence-electron chi connectivity index (χ1n) is 8.08. The van der Waals surface area contributed by atoms with Crippen LogP contribution in [0, 0.1) is 0 Å². The van der Waals surface area contributed by atoms with Gasteiger partial charge in [-0.15, -0.1) is 0 Å². The molecular weight excluding hydrogens is 336 g/mol. The van der Waals surface area contributed by atoms with Gasteiger partial charge in [-0.25, -0.2) is 0 Å². The van der Waals surface area contributed by atoms with E-state index in [4.69, 9.17) is 12.7 Å². The van der Waals surface area contributed by atoms with Gasteiger partial charge in [0.05, 0.1) is 0 Å². The van der Waals surface area contributed by atoms with E-state index in [1.54, 1.807) is 0 Å². The van der Waals surface area contributed by atoms with Crippen LogP contribution in [-0.4, -0.2) is 28.8 Å². The van der Waals surface area contributed by atoms with E-state index in [0.29, 0.717) is 0 Å². The number of rotatable bonds is 10. The van der Waals surface area contributed by atoms with Crippen molar-refractivity contribution in [1.29, 1.82) is 0 Å². The van der Waals surface area contributed by atoms with Gasteiger partial charge in [-0.1, -0.05) is 0 Å². The molecule has 0 fully saturated rings. The fourth-order valence-corrected chi connectivity index (χ4v) is 14.1. The summed E-state index contributed by atoms with van der Waals surface area (Å²) in [6.07, 6.45) is 2.06. The van der Waals surface area contributed by atoms with E-state index in [1.165, 1.54) is 0 Å². The normalized spacial score (nSPS) is 16.9. The predicted octanol–water partition coefficient (Wildman–Crippen LogP) is 5.13. The third-order valence-electron chi connectivity index (χ3n) is 2.70. The van der Waals surface area contributed by atoms with E-state index in [2.05, 4.69) is 67.0 Å². The van der Waals surface area contributed by atoms with Gasteiger partial charge in [-0.05, 0) is 0 Å². The van der Waals surface area contributed by atoms with E-state index in [9.17, 15) is 0 Å². The van der Waals surface area contributed by atoms with Gasteiger partial charge in [0.2, 0.25) is 0 Å². The fraction of sp³-hybridized carbons (Fsp3) is 1.00. The van der Waals surface area contributed by atoms with Crippen LogP contribution in [0.15, 0.2) is 0 Å². The molecule has 0 spiro atoms. The molecule has 0 aliphatic rings. The van der Waals surface area contributed by atoms with Crippen molar-refractivity contribution in [3.8, 4) is 0 Å². The first-order valence-corrected chi connectivity index (χ1v) is 17.4. The molecule has 2 unspecified atom stereocenters. The average molecular weight is 372 g/mol. The second-order valence-corrected chi connectivity index (χ2v) is 20.7. The Labute approximate surface area is 139 Å². The molecule has 0 N–H and O–H groups in total. The fourth-order valence-electron chi connectivity index (χ4n) is 1.55. The van der Waals surface area contributed by atoms with Crippen molar-refractivity contribution in [2.24, 2.45) is 0 Å². The Hall–Kier alpha value is 0.988. The summed E-state index contributed by atoms with van der Waals surface area (Å²) in [6.45, 7) is 21.4. The van der Waals surface area contributed by atoms with Crippen molar-refractivity contribution in [1.82, 2.24) is 0 Å². The molecular formula is C14H36O4Si2Ti. The van der Waals surface area contributed by atoms with Gasteiger partial charge in [0.25, 0.3) is 0 Å². The molecule has 128 valence electrons. The molecule has 21 heavy (non-hydrogen) atoms. The van der Waals surface area contributed by atoms with E-state index in [0.717, 1.165) is 12.8 Å². The van der Waals surface area contributed by atoms with Crippen LogP contribution in [0.5, 0.6) is 0 Å². The maximum atomic E-state index is 6.44. The van der Waals surface area contributed by atoms with Gasteiger partial charge in [-0.2, -0.15) is 0 Å². The summed E-state index contributed by atoms with van der Waals surface area (Å²) in [4.78, 5) is 0. The molecule has 0 aromatic rings. The van der Waals surface area contributed by atoms with Crippen LogP contribution in [0.3, 0.4) is 0 Å². The summed E-state index contributed by atoms with van der Waals surface area (Å²) in [6, 6.07) is 0. The third-order valence-corrected chi connectivity index (χ3v) is 14.7. The first kappa shape index (κ1) is 22.0. The van der Waals surface area contributed by atoms with Crippen molar-refractivity contribution in [3.05, 3.63) is 0 Å². The maximum absolute atomic E-state index is 6.44. The zero-order valence-electron chi connectivity index (χ0n) is 15.7. The molecule has 0 saturated carbocycles. The Morgan fingerprint density at radius 3 is 1.19 bits per heavy atom. The Morgan fingerprint density at radius 2 is 1.00 bits per heavy atom. The number of hydrogen-bond acceptors (Lipinski definition) is 4. The summed E-state index contributed by atoms with van der Waals surface area (Å²) in [7, 11) is -3.64.